The van der Waals surface area contributed by atoms with Gasteiger partial charge < -0.3 is 25.2 Å². The van der Waals surface area contributed by atoms with Gasteiger partial charge in [-0.05, 0) is 108 Å². The number of anilines is 2. The maximum absolute atomic E-state index is 15.4. The Labute approximate surface area is 261 Å². The molecule has 1 saturated heterocycles. The molecule has 0 saturated carbocycles. The summed E-state index contributed by atoms with van der Waals surface area (Å²) in [6.45, 7) is 7.30. The Bertz CT molecular complexity index is 1790. The average Bonchev–Trinajstić information content (AvgIpc) is 3.66. The van der Waals surface area contributed by atoms with Crippen molar-refractivity contribution in [1.29, 1.82) is 0 Å². The molecule has 230 valence electrons. The molecule has 7 nitrogen and oxygen atoms in total. The van der Waals surface area contributed by atoms with Crippen molar-refractivity contribution in [2.75, 3.05) is 32.0 Å². The molecule has 0 amide bonds. The fraction of sp³-hybridized carbons (Fsp3) is 0.429. The van der Waals surface area contributed by atoms with Crippen LogP contribution in [0.15, 0.2) is 47.5 Å². The second-order valence-corrected chi connectivity index (χ2v) is 14.7. The third kappa shape index (κ3) is 5.30. The molecule has 1 aromatic carbocycles. The van der Waals surface area contributed by atoms with Gasteiger partial charge in [0.15, 0.2) is 0 Å². The predicted molar refractivity (Wildman–Crippen MR) is 174 cm³/mol. The lowest BCUT2D eigenvalue weighted by atomic mass is 9.86. The van der Waals surface area contributed by atoms with Gasteiger partial charge in [0.05, 0.1) is 12.6 Å². The highest BCUT2D eigenvalue weighted by molar-refractivity contribution is 7.12. The number of fused-ring (bicyclic) bond motifs is 3. The Hall–Kier alpha value is -3.37. The summed E-state index contributed by atoms with van der Waals surface area (Å²) in [7, 11) is 3.82. The number of halogens is 1. The molecule has 0 bridgehead atoms. The Balaban J connectivity index is 1.24. The second kappa shape index (κ2) is 11.2. The lowest BCUT2D eigenvalue weighted by molar-refractivity contribution is 0.280. The molecule has 4 aromatic rings. The van der Waals surface area contributed by atoms with E-state index in [-0.39, 0.29) is 29.4 Å². The van der Waals surface area contributed by atoms with Crippen LogP contribution in [0.25, 0.3) is 11.1 Å². The van der Waals surface area contributed by atoms with Crippen molar-refractivity contribution < 1.29 is 9.50 Å². The summed E-state index contributed by atoms with van der Waals surface area (Å²) in [6.07, 6.45) is 7.81. The second-order valence-electron chi connectivity index (χ2n) is 13.6. The van der Waals surface area contributed by atoms with Gasteiger partial charge in [0.2, 0.25) is 0 Å². The number of aromatic nitrogens is 2. The molecule has 9 heteroatoms. The van der Waals surface area contributed by atoms with E-state index >= 15 is 4.39 Å². The van der Waals surface area contributed by atoms with Crippen LogP contribution in [0.3, 0.4) is 0 Å². The number of pyridine rings is 2. The summed E-state index contributed by atoms with van der Waals surface area (Å²) < 4.78 is 16.9. The van der Waals surface area contributed by atoms with Crippen LogP contribution in [0.1, 0.15) is 69.8 Å². The van der Waals surface area contributed by atoms with Gasteiger partial charge in [-0.25, -0.2) is 9.37 Å². The minimum atomic E-state index is -0.371. The molecule has 5 heterocycles. The number of nitrogens with zero attached hydrogens (tertiary/aromatic N) is 3. The molecule has 1 aliphatic carbocycles. The molecule has 0 spiro atoms. The van der Waals surface area contributed by atoms with Gasteiger partial charge in [0, 0.05) is 47.8 Å². The molecular formula is C35H40FN5O2S. The zero-order valence-electron chi connectivity index (χ0n) is 25.8. The zero-order chi connectivity index (χ0) is 30.7. The third-order valence-electron chi connectivity index (χ3n) is 9.64. The van der Waals surface area contributed by atoms with Crippen molar-refractivity contribution >= 4 is 22.8 Å². The smallest absolute Gasteiger partial charge is 0.274 e. The standard InChI is InChI=1S/C35H40FN5O2S/c1-35(2)14-27-24-7-9-37-32(33(24)44-30(27)15-35)26-13-23(36)12-25(28(26)19-42)22-11-29(34(43)41(4)18-22)39-31-6-5-20(16-38-31)21-8-10-40(3)17-21/h5-6,11-13,16,18,21,32,37,42H,7-10,14-15,17,19H2,1-4H3,(H,38,39). The Morgan fingerprint density at radius 1 is 1.18 bits per heavy atom. The van der Waals surface area contributed by atoms with Gasteiger partial charge in [-0.15, -0.1) is 11.3 Å². The maximum Gasteiger partial charge on any atom is 0.274 e. The number of aryl methyl sites for hydroxylation is 1. The number of nitrogens with one attached hydrogen (secondary N) is 2. The van der Waals surface area contributed by atoms with E-state index in [4.69, 9.17) is 0 Å². The topological polar surface area (TPSA) is 82.4 Å². The monoisotopic (exact) mass is 613 g/mol. The quantitative estimate of drug-likeness (QED) is 0.260. The summed E-state index contributed by atoms with van der Waals surface area (Å²) in [4.78, 5) is 22.8. The first-order chi connectivity index (χ1) is 21.1. The van der Waals surface area contributed by atoms with E-state index in [0.717, 1.165) is 50.9 Å². The third-order valence-corrected chi connectivity index (χ3v) is 11.0. The Morgan fingerprint density at radius 2 is 2.02 bits per heavy atom. The maximum atomic E-state index is 15.4. The molecule has 2 atom stereocenters. The predicted octanol–water partition coefficient (Wildman–Crippen LogP) is 5.66. The lowest BCUT2D eigenvalue weighted by Gasteiger charge is -2.28. The van der Waals surface area contributed by atoms with Crippen LogP contribution in [-0.2, 0) is 32.9 Å². The molecule has 7 rings (SSSR count). The van der Waals surface area contributed by atoms with Crippen molar-refractivity contribution in [3.05, 3.63) is 96.5 Å². The molecular weight excluding hydrogens is 573 g/mol. The summed E-state index contributed by atoms with van der Waals surface area (Å²) in [5.41, 5.74) is 7.13. The van der Waals surface area contributed by atoms with Crippen molar-refractivity contribution in [3.8, 4) is 11.1 Å². The largest absolute Gasteiger partial charge is 0.392 e. The Kier molecular flexibility index (Phi) is 7.48. The summed E-state index contributed by atoms with van der Waals surface area (Å²) in [5.74, 6) is 0.669. The number of likely N-dealkylation sites (tertiary alicyclic amines) is 1. The number of thiophene rings is 1. The number of hydrogen-bond donors (Lipinski definition) is 3. The number of hydrogen-bond acceptors (Lipinski definition) is 7. The van der Waals surface area contributed by atoms with E-state index < -0.39 is 0 Å². The molecule has 2 unspecified atom stereocenters. The fourth-order valence-corrected chi connectivity index (χ4v) is 9.18. The van der Waals surface area contributed by atoms with Gasteiger partial charge in [-0.2, -0.15) is 0 Å². The highest BCUT2D eigenvalue weighted by Gasteiger charge is 2.37. The molecule has 3 aromatic heterocycles. The minimum absolute atomic E-state index is 0.193. The van der Waals surface area contributed by atoms with Crippen LogP contribution in [-0.4, -0.2) is 46.2 Å². The van der Waals surface area contributed by atoms with Crippen LogP contribution < -0.4 is 16.2 Å². The normalized spacial score (nSPS) is 21.0. The first kappa shape index (κ1) is 29.3. The van der Waals surface area contributed by atoms with E-state index in [1.165, 1.54) is 37.1 Å². The molecule has 2 aliphatic heterocycles. The van der Waals surface area contributed by atoms with E-state index in [1.54, 1.807) is 25.4 Å². The minimum Gasteiger partial charge on any atom is -0.392 e. The van der Waals surface area contributed by atoms with Gasteiger partial charge in [0.1, 0.15) is 17.3 Å². The number of aliphatic hydroxyl groups is 1. The van der Waals surface area contributed by atoms with Crippen LogP contribution in [0.5, 0.6) is 0 Å². The molecule has 3 aliphatic rings. The van der Waals surface area contributed by atoms with Crippen LogP contribution in [0, 0.1) is 11.2 Å². The summed E-state index contributed by atoms with van der Waals surface area (Å²) in [6, 6.07) is 8.55. The molecule has 3 N–H and O–H groups in total. The zero-order valence-corrected chi connectivity index (χ0v) is 26.7. The number of benzene rings is 1. The highest BCUT2D eigenvalue weighted by atomic mass is 32.1. The van der Waals surface area contributed by atoms with Crippen LogP contribution in [0.4, 0.5) is 15.9 Å². The van der Waals surface area contributed by atoms with E-state index in [9.17, 15) is 9.90 Å². The van der Waals surface area contributed by atoms with Crippen molar-refractivity contribution in [3.63, 3.8) is 0 Å². The van der Waals surface area contributed by atoms with Crippen LogP contribution in [0.2, 0.25) is 0 Å². The van der Waals surface area contributed by atoms with Crippen molar-refractivity contribution in [2.45, 2.75) is 58.1 Å². The Morgan fingerprint density at radius 3 is 2.75 bits per heavy atom. The highest BCUT2D eigenvalue weighted by Crippen LogP contribution is 2.48. The lowest BCUT2D eigenvalue weighted by Crippen LogP contribution is -2.31. The summed E-state index contributed by atoms with van der Waals surface area (Å²) in [5, 5.41) is 17.6. The van der Waals surface area contributed by atoms with Gasteiger partial charge in [0.25, 0.3) is 5.56 Å². The van der Waals surface area contributed by atoms with E-state index in [0.29, 0.717) is 34.1 Å². The van der Waals surface area contributed by atoms with E-state index in [1.807, 2.05) is 23.6 Å². The fourth-order valence-electron chi connectivity index (χ4n) is 7.45. The number of aliphatic hydroxyl groups excluding tert-OH is 1. The van der Waals surface area contributed by atoms with Crippen LogP contribution >= 0.6 is 11.3 Å². The van der Waals surface area contributed by atoms with Gasteiger partial charge in [-0.3, -0.25) is 4.79 Å². The van der Waals surface area contributed by atoms with Crippen molar-refractivity contribution in [2.24, 2.45) is 12.5 Å². The van der Waals surface area contributed by atoms with Crippen molar-refractivity contribution in [1.82, 2.24) is 19.8 Å². The van der Waals surface area contributed by atoms with E-state index in [2.05, 4.69) is 47.5 Å². The molecule has 44 heavy (non-hydrogen) atoms. The number of likely N-dealkylation sites (N-methyl/N-ethyl adjacent to an activating group) is 1. The summed E-state index contributed by atoms with van der Waals surface area (Å²) >= 11 is 1.84. The SMILES string of the molecule is CN1CCC(c2ccc(Nc3cc(-c4cc(F)cc(C5NCCc6c5sc5c6CC(C)(C)C5)c4CO)cn(C)c3=O)nc2)C1. The first-order valence-corrected chi connectivity index (χ1v) is 16.3. The molecule has 0 radical (unpaired) electrons. The average molecular weight is 614 g/mol. The first-order valence-electron chi connectivity index (χ1n) is 15.5. The molecule has 1 fully saturated rings. The van der Waals surface area contributed by atoms with Gasteiger partial charge in [-0.1, -0.05) is 19.9 Å². The van der Waals surface area contributed by atoms with Gasteiger partial charge >= 0.3 is 0 Å². The number of rotatable bonds is 6.